The number of hydrogen-bond donors (Lipinski definition) is 0. The SMILES string of the molecule is C=CC1=CC(c2cc(C)c(C#N)cn2)=NC1. The van der Waals surface area contributed by atoms with Crippen LogP contribution >= 0.6 is 0 Å². The van der Waals surface area contributed by atoms with Gasteiger partial charge in [-0.3, -0.25) is 9.98 Å². The molecule has 0 saturated carbocycles. The molecule has 16 heavy (non-hydrogen) atoms. The lowest BCUT2D eigenvalue weighted by atomic mass is 10.1. The molecule has 3 nitrogen and oxygen atoms in total. The Hall–Kier alpha value is -2.21. The molecule has 78 valence electrons. The predicted molar refractivity (Wildman–Crippen MR) is 63.4 cm³/mol. The molecule has 0 N–H and O–H groups in total. The second-order valence-corrected chi connectivity index (χ2v) is 3.62. The van der Waals surface area contributed by atoms with Crippen molar-refractivity contribution in [2.24, 2.45) is 4.99 Å². The molecule has 0 amide bonds. The van der Waals surface area contributed by atoms with Gasteiger partial charge < -0.3 is 0 Å². The van der Waals surface area contributed by atoms with Gasteiger partial charge in [0.25, 0.3) is 0 Å². The second kappa shape index (κ2) is 4.11. The number of hydrogen-bond acceptors (Lipinski definition) is 3. The van der Waals surface area contributed by atoms with Crippen molar-refractivity contribution in [2.75, 3.05) is 6.54 Å². The predicted octanol–water partition coefficient (Wildman–Crippen LogP) is 2.18. The van der Waals surface area contributed by atoms with Gasteiger partial charge in [0.15, 0.2) is 0 Å². The van der Waals surface area contributed by atoms with E-state index in [-0.39, 0.29) is 0 Å². The molecule has 3 heteroatoms. The molecule has 1 aromatic rings. The van der Waals surface area contributed by atoms with Crippen LogP contribution in [0.2, 0.25) is 0 Å². The summed E-state index contributed by atoms with van der Waals surface area (Å²) in [5, 5.41) is 8.81. The lowest BCUT2D eigenvalue weighted by Crippen LogP contribution is -2.00. The van der Waals surface area contributed by atoms with E-state index in [4.69, 9.17) is 5.26 Å². The number of aliphatic imine (C=N–C) groups is 1. The first-order valence-electron chi connectivity index (χ1n) is 4.99. The fraction of sp³-hybridized carbons (Fsp3) is 0.154. The van der Waals surface area contributed by atoms with Crippen LogP contribution in [0.3, 0.4) is 0 Å². The van der Waals surface area contributed by atoms with Gasteiger partial charge in [-0.25, -0.2) is 0 Å². The van der Waals surface area contributed by atoms with Crippen molar-refractivity contribution in [3.05, 3.63) is 53.4 Å². The van der Waals surface area contributed by atoms with Gasteiger partial charge in [0.2, 0.25) is 0 Å². The smallest absolute Gasteiger partial charge is 0.101 e. The maximum absolute atomic E-state index is 8.81. The number of rotatable bonds is 2. The molecule has 0 aliphatic carbocycles. The van der Waals surface area contributed by atoms with Crippen LogP contribution < -0.4 is 0 Å². The number of pyridine rings is 1. The summed E-state index contributed by atoms with van der Waals surface area (Å²) >= 11 is 0. The summed E-state index contributed by atoms with van der Waals surface area (Å²) in [5.74, 6) is 0. The van der Waals surface area contributed by atoms with E-state index in [1.54, 1.807) is 12.3 Å². The Bertz CT molecular complexity index is 545. The lowest BCUT2D eigenvalue weighted by molar-refractivity contribution is 1.20. The fourth-order valence-electron chi connectivity index (χ4n) is 1.53. The summed E-state index contributed by atoms with van der Waals surface area (Å²) in [6, 6.07) is 3.99. The third kappa shape index (κ3) is 1.78. The number of nitriles is 1. The van der Waals surface area contributed by atoms with Gasteiger partial charge in [-0.05, 0) is 30.2 Å². The van der Waals surface area contributed by atoms with Crippen molar-refractivity contribution in [3.8, 4) is 6.07 Å². The van der Waals surface area contributed by atoms with Crippen molar-refractivity contribution in [1.82, 2.24) is 4.98 Å². The largest absolute Gasteiger partial charge is 0.278 e. The molecule has 0 aromatic carbocycles. The van der Waals surface area contributed by atoms with E-state index in [9.17, 15) is 0 Å². The molecule has 1 aromatic heterocycles. The van der Waals surface area contributed by atoms with Crippen molar-refractivity contribution in [2.45, 2.75) is 6.92 Å². The summed E-state index contributed by atoms with van der Waals surface area (Å²) in [4.78, 5) is 8.59. The highest BCUT2D eigenvalue weighted by molar-refractivity contribution is 6.09. The molecule has 0 atom stereocenters. The Kier molecular flexibility index (Phi) is 2.65. The molecular weight excluding hydrogens is 198 g/mol. The van der Waals surface area contributed by atoms with E-state index in [0.29, 0.717) is 12.1 Å². The molecule has 0 saturated heterocycles. The maximum atomic E-state index is 8.81. The molecule has 1 aliphatic rings. The van der Waals surface area contributed by atoms with Crippen LogP contribution in [-0.2, 0) is 0 Å². The van der Waals surface area contributed by atoms with Crippen molar-refractivity contribution >= 4 is 5.71 Å². The van der Waals surface area contributed by atoms with Crippen LogP contribution in [0.15, 0.2) is 41.6 Å². The normalized spacial score (nSPS) is 14.0. The van der Waals surface area contributed by atoms with Crippen molar-refractivity contribution in [3.63, 3.8) is 0 Å². The third-order valence-corrected chi connectivity index (χ3v) is 2.51. The average molecular weight is 209 g/mol. The van der Waals surface area contributed by atoms with Crippen LogP contribution in [0.4, 0.5) is 0 Å². The molecule has 0 fully saturated rings. The van der Waals surface area contributed by atoms with Crippen LogP contribution in [0.1, 0.15) is 16.8 Å². The summed E-state index contributed by atoms with van der Waals surface area (Å²) < 4.78 is 0. The topological polar surface area (TPSA) is 49.0 Å². The fourth-order valence-corrected chi connectivity index (χ4v) is 1.53. The highest BCUT2D eigenvalue weighted by Gasteiger charge is 2.10. The van der Waals surface area contributed by atoms with Crippen LogP contribution in [0.5, 0.6) is 0 Å². The van der Waals surface area contributed by atoms with Gasteiger partial charge in [-0.1, -0.05) is 12.7 Å². The van der Waals surface area contributed by atoms with Crippen molar-refractivity contribution < 1.29 is 0 Å². The van der Waals surface area contributed by atoms with Crippen molar-refractivity contribution in [1.29, 1.82) is 5.26 Å². The monoisotopic (exact) mass is 209 g/mol. The first-order valence-corrected chi connectivity index (χ1v) is 4.99. The zero-order valence-electron chi connectivity index (χ0n) is 9.07. The number of nitrogens with zero attached hydrogens (tertiary/aromatic N) is 3. The second-order valence-electron chi connectivity index (χ2n) is 3.62. The van der Waals surface area contributed by atoms with Gasteiger partial charge in [0.05, 0.1) is 23.5 Å². The van der Waals surface area contributed by atoms with Crippen LogP contribution in [0.25, 0.3) is 0 Å². The molecule has 0 spiro atoms. The molecule has 0 bridgehead atoms. The molecule has 2 heterocycles. The third-order valence-electron chi connectivity index (χ3n) is 2.51. The van der Waals surface area contributed by atoms with Gasteiger partial charge in [0.1, 0.15) is 6.07 Å². The van der Waals surface area contributed by atoms with Crippen LogP contribution in [0, 0.1) is 18.3 Å². The Balaban J connectivity index is 2.37. The minimum atomic E-state index is 0.607. The summed E-state index contributed by atoms with van der Waals surface area (Å²) in [6.45, 7) is 6.28. The summed E-state index contributed by atoms with van der Waals surface area (Å²) in [6.07, 6.45) is 5.36. The standard InChI is InChI=1S/C13H11N3/c1-3-10-5-13(15-7-10)12-4-9(2)11(6-14)8-16-12/h3-5,8H,1,7H2,2H3. The summed E-state index contributed by atoms with van der Waals surface area (Å²) in [7, 11) is 0. The van der Waals surface area contributed by atoms with Gasteiger partial charge >= 0.3 is 0 Å². The molecule has 0 radical (unpaired) electrons. The van der Waals surface area contributed by atoms with E-state index in [1.165, 1.54) is 0 Å². The Morgan fingerprint density at radius 1 is 1.56 bits per heavy atom. The van der Waals surface area contributed by atoms with E-state index in [0.717, 1.165) is 22.5 Å². The Morgan fingerprint density at radius 2 is 2.38 bits per heavy atom. The Morgan fingerprint density at radius 3 is 2.94 bits per heavy atom. The van der Waals surface area contributed by atoms with E-state index < -0.39 is 0 Å². The number of aryl methyl sites for hydroxylation is 1. The zero-order valence-corrected chi connectivity index (χ0v) is 9.07. The average Bonchev–Trinajstić information content (AvgIpc) is 2.77. The van der Waals surface area contributed by atoms with E-state index >= 15 is 0 Å². The first-order chi connectivity index (χ1) is 7.74. The minimum absolute atomic E-state index is 0.607. The van der Waals surface area contributed by atoms with E-state index in [1.807, 2.05) is 19.1 Å². The molecule has 0 unspecified atom stereocenters. The quantitative estimate of drug-likeness (QED) is 0.749. The maximum Gasteiger partial charge on any atom is 0.101 e. The molecular formula is C13H11N3. The number of aromatic nitrogens is 1. The first kappa shape index (κ1) is 10.3. The van der Waals surface area contributed by atoms with Gasteiger partial charge in [0, 0.05) is 6.20 Å². The zero-order chi connectivity index (χ0) is 11.5. The summed E-state index contributed by atoms with van der Waals surface area (Å²) in [5.41, 5.74) is 4.31. The number of allylic oxidation sites excluding steroid dienone is 1. The van der Waals surface area contributed by atoms with Gasteiger partial charge in [-0.2, -0.15) is 5.26 Å². The Labute approximate surface area is 94.5 Å². The van der Waals surface area contributed by atoms with Crippen LogP contribution in [-0.4, -0.2) is 17.2 Å². The van der Waals surface area contributed by atoms with E-state index in [2.05, 4.69) is 22.6 Å². The lowest BCUT2D eigenvalue weighted by Gasteiger charge is -2.00. The molecule has 2 rings (SSSR count). The highest BCUT2D eigenvalue weighted by atomic mass is 14.8. The highest BCUT2D eigenvalue weighted by Crippen LogP contribution is 2.14. The molecule has 1 aliphatic heterocycles. The minimum Gasteiger partial charge on any atom is -0.278 e. The van der Waals surface area contributed by atoms with Gasteiger partial charge in [-0.15, -0.1) is 0 Å².